The first-order valence-corrected chi connectivity index (χ1v) is 9.38. The number of aliphatic hydroxyl groups is 1. The molecule has 26 heavy (non-hydrogen) atoms. The SMILES string of the molecule is O=C(O)CCc1ccc2c(c1)CC(NCC(O)c1cccc(Cl)c1)CC2. The number of hydrogen-bond donors (Lipinski definition) is 3. The van der Waals surface area contributed by atoms with Gasteiger partial charge in [0.15, 0.2) is 0 Å². The molecular weight excluding hydrogens is 350 g/mol. The molecule has 5 heteroatoms. The Balaban J connectivity index is 1.57. The van der Waals surface area contributed by atoms with E-state index in [2.05, 4.69) is 17.4 Å². The first-order chi connectivity index (χ1) is 12.5. The highest BCUT2D eigenvalue weighted by atomic mass is 35.5. The van der Waals surface area contributed by atoms with Crippen LogP contribution in [0.4, 0.5) is 0 Å². The van der Waals surface area contributed by atoms with E-state index in [0.29, 0.717) is 24.0 Å². The van der Waals surface area contributed by atoms with Crippen LogP contribution < -0.4 is 5.32 Å². The van der Waals surface area contributed by atoms with Crippen molar-refractivity contribution in [2.24, 2.45) is 0 Å². The topological polar surface area (TPSA) is 69.6 Å². The Morgan fingerprint density at radius 3 is 2.85 bits per heavy atom. The van der Waals surface area contributed by atoms with E-state index in [9.17, 15) is 9.90 Å². The smallest absolute Gasteiger partial charge is 0.303 e. The molecule has 2 atom stereocenters. The summed E-state index contributed by atoms with van der Waals surface area (Å²) in [5.41, 5.74) is 4.52. The van der Waals surface area contributed by atoms with Crippen molar-refractivity contribution in [2.75, 3.05) is 6.54 Å². The molecule has 0 bridgehead atoms. The fourth-order valence-electron chi connectivity index (χ4n) is 3.50. The Kier molecular flexibility index (Phi) is 6.30. The Morgan fingerprint density at radius 1 is 1.23 bits per heavy atom. The van der Waals surface area contributed by atoms with Crippen molar-refractivity contribution < 1.29 is 15.0 Å². The molecular formula is C21H24ClNO3. The highest BCUT2D eigenvalue weighted by Crippen LogP contribution is 2.24. The summed E-state index contributed by atoms with van der Waals surface area (Å²) in [5, 5.41) is 23.3. The maximum Gasteiger partial charge on any atom is 0.303 e. The van der Waals surface area contributed by atoms with Gasteiger partial charge in [0.2, 0.25) is 0 Å². The maximum atomic E-state index is 10.8. The summed E-state index contributed by atoms with van der Waals surface area (Å²) in [7, 11) is 0. The first kappa shape index (κ1) is 18.9. The Hall–Kier alpha value is -1.88. The molecule has 0 radical (unpaired) electrons. The van der Waals surface area contributed by atoms with Gasteiger partial charge in [-0.2, -0.15) is 0 Å². The lowest BCUT2D eigenvalue weighted by molar-refractivity contribution is -0.136. The lowest BCUT2D eigenvalue weighted by atomic mass is 9.86. The largest absolute Gasteiger partial charge is 0.481 e. The normalized spacial score (nSPS) is 17.5. The third kappa shape index (κ3) is 5.07. The summed E-state index contributed by atoms with van der Waals surface area (Å²) in [5.74, 6) is -0.766. The van der Waals surface area contributed by atoms with Crippen molar-refractivity contribution in [3.05, 3.63) is 69.7 Å². The summed E-state index contributed by atoms with van der Waals surface area (Å²) >= 11 is 5.99. The molecule has 2 aromatic rings. The van der Waals surface area contributed by atoms with E-state index in [1.54, 1.807) is 12.1 Å². The number of carbonyl (C=O) groups is 1. The van der Waals surface area contributed by atoms with Gasteiger partial charge in [-0.25, -0.2) is 0 Å². The molecule has 3 N–H and O–H groups in total. The molecule has 0 fully saturated rings. The second kappa shape index (κ2) is 8.67. The van der Waals surface area contributed by atoms with Crippen LogP contribution in [-0.2, 0) is 24.1 Å². The number of benzene rings is 2. The minimum atomic E-state index is -0.766. The van der Waals surface area contributed by atoms with E-state index < -0.39 is 12.1 Å². The van der Waals surface area contributed by atoms with E-state index in [0.717, 1.165) is 30.4 Å². The highest BCUT2D eigenvalue weighted by Gasteiger charge is 2.20. The van der Waals surface area contributed by atoms with Gasteiger partial charge in [0.25, 0.3) is 0 Å². The van der Waals surface area contributed by atoms with Gasteiger partial charge in [0.05, 0.1) is 6.10 Å². The zero-order valence-electron chi connectivity index (χ0n) is 14.6. The average Bonchev–Trinajstić information content (AvgIpc) is 2.64. The number of carboxylic acids is 1. The van der Waals surface area contributed by atoms with Crippen LogP contribution >= 0.6 is 11.6 Å². The van der Waals surface area contributed by atoms with Gasteiger partial charge in [-0.3, -0.25) is 4.79 Å². The lowest BCUT2D eigenvalue weighted by Gasteiger charge is -2.27. The average molecular weight is 374 g/mol. The Labute approximate surface area is 158 Å². The molecule has 3 rings (SSSR count). The minimum absolute atomic E-state index is 0.159. The van der Waals surface area contributed by atoms with E-state index in [4.69, 9.17) is 16.7 Å². The number of hydrogen-bond acceptors (Lipinski definition) is 3. The second-order valence-electron chi connectivity index (χ2n) is 6.92. The van der Waals surface area contributed by atoms with Crippen molar-refractivity contribution in [1.29, 1.82) is 0 Å². The van der Waals surface area contributed by atoms with Crippen molar-refractivity contribution in [3.63, 3.8) is 0 Å². The molecule has 2 unspecified atom stereocenters. The van der Waals surface area contributed by atoms with Gasteiger partial charge in [-0.15, -0.1) is 0 Å². The van der Waals surface area contributed by atoms with Crippen molar-refractivity contribution >= 4 is 17.6 Å². The number of aryl methyl sites for hydroxylation is 2. The summed E-state index contributed by atoms with van der Waals surface area (Å²) in [6, 6.07) is 13.9. The van der Waals surface area contributed by atoms with Gasteiger partial charge in [0.1, 0.15) is 0 Å². The number of fused-ring (bicyclic) bond motifs is 1. The predicted octanol–water partition coefficient (Wildman–Crippen LogP) is 3.54. The molecule has 0 spiro atoms. The summed E-state index contributed by atoms with van der Waals surface area (Å²) in [6.07, 6.45) is 3.07. The van der Waals surface area contributed by atoms with Gasteiger partial charge in [-0.05, 0) is 60.1 Å². The van der Waals surface area contributed by atoms with Gasteiger partial charge in [0, 0.05) is 24.0 Å². The lowest BCUT2D eigenvalue weighted by Crippen LogP contribution is -2.37. The minimum Gasteiger partial charge on any atom is -0.481 e. The molecule has 1 aliphatic carbocycles. The summed E-state index contributed by atoms with van der Waals surface area (Å²) < 4.78 is 0. The number of aliphatic hydroxyl groups excluding tert-OH is 1. The second-order valence-corrected chi connectivity index (χ2v) is 7.35. The molecule has 4 nitrogen and oxygen atoms in total. The number of halogens is 1. The molecule has 0 amide bonds. The quantitative estimate of drug-likeness (QED) is 0.694. The molecule has 0 saturated carbocycles. The molecule has 2 aromatic carbocycles. The third-order valence-electron chi connectivity index (χ3n) is 4.96. The Bertz CT molecular complexity index is 778. The molecule has 138 valence electrons. The van der Waals surface area contributed by atoms with E-state index >= 15 is 0 Å². The number of nitrogens with one attached hydrogen (secondary N) is 1. The monoisotopic (exact) mass is 373 g/mol. The van der Waals surface area contributed by atoms with E-state index in [1.807, 2.05) is 18.2 Å². The Morgan fingerprint density at radius 2 is 2.08 bits per heavy atom. The molecule has 0 aromatic heterocycles. The van der Waals surface area contributed by atoms with Crippen LogP contribution in [0.15, 0.2) is 42.5 Å². The number of carboxylic acid groups (broad SMARTS) is 1. The van der Waals surface area contributed by atoms with Crippen LogP contribution in [0.5, 0.6) is 0 Å². The van der Waals surface area contributed by atoms with Gasteiger partial charge >= 0.3 is 5.97 Å². The first-order valence-electron chi connectivity index (χ1n) is 9.00. The molecule has 0 aliphatic heterocycles. The van der Waals surface area contributed by atoms with Crippen LogP contribution in [0, 0.1) is 0 Å². The van der Waals surface area contributed by atoms with Crippen LogP contribution in [0.1, 0.15) is 41.2 Å². The third-order valence-corrected chi connectivity index (χ3v) is 5.20. The molecule has 0 saturated heterocycles. The van der Waals surface area contributed by atoms with Crippen molar-refractivity contribution in [1.82, 2.24) is 5.32 Å². The zero-order valence-corrected chi connectivity index (χ0v) is 15.4. The summed E-state index contributed by atoms with van der Waals surface area (Å²) in [6.45, 7) is 0.485. The standard InChI is InChI=1S/C21H24ClNO3/c22-18-3-1-2-16(11-18)20(24)13-23-19-8-7-15-6-4-14(5-9-21(25)26)10-17(15)12-19/h1-4,6,10-11,19-20,23-24H,5,7-9,12-13H2,(H,25,26). The van der Waals surface area contributed by atoms with Gasteiger partial charge in [-0.1, -0.05) is 41.9 Å². The van der Waals surface area contributed by atoms with E-state index in [-0.39, 0.29) is 6.42 Å². The predicted molar refractivity (Wildman–Crippen MR) is 103 cm³/mol. The highest BCUT2D eigenvalue weighted by molar-refractivity contribution is 6.30. The summed E-state index contributed by atoms with van der Waals surface area (Å²) in [4.78, 5) is 10.8. The van der Waals surface area contributed by atoms with Crippen LogP contribution in [-0.4, -0.2) is 28.8 Å². The fraction of sp³-hybridized carbons (Fsp3) is 0.381. The maximum absolute atomic E-state index is 10.8. The van der Waals surface area contributed by atoms with Crippen molar-refractivity contribution in [2.45, 2.75) is 44.2 Å². The fourth-order valence-corrected chi connectivity index (χ4v) is 3.70. The van der Waals surface area contributed by atoms with Crippen LogP contribution in [0.3, 0.4) is 0 Å². The number of aliphatic carboxylic acids is 1. The molecule has 1 aliphatic rings. The molecule has 0 heterocycles. The zero-order chi connectivity index (χ0) is 18.5. The number of rotatable bonds is 7. The van der Waals surface area contributed by atoms with E-state index in [1.165, 1.54) is 11.1 Å². The van der Waals surface area contributed by atoms with Crippen molar-refractivity contribution in [3.8, 4) is 0 Å². The van der Waals surface area contributed by atoms with Gasteiger partial charge < -0.3 is 15.5 Å². The van der Waals surface area contributed by atoms with Crippen LogP contribution in [0.25, 0.3) is 0 Å². The van der Waals surface area contributed by atoms with Crippen LogP contribution in [0.2, 0.25) is 5.02 Å².